The van der Waals surface area contributed by atoms with E-state index in [4.69, 9.17) is 0 Å². The highest BCUT2D eigenvalue weighted by atomic mass is 16.2. The van der Waals surface area contributed by atoms with Crippen LogP contribution in [0.4, 0.5) is 5.69 Å². The molecular formula is C17H21N5O2. The minimum atomic E-state index is -0.108. The van der Waals surface area contributed by atoms with E-state index in [0.717, 1.165) is 17.2 Å². The Morgan fingerprint density at radius 1 is 1.17 bits per heavy atom. The predicted molar refractivity (Wildman–Crippen MR) is 89.0 cm³/mol. The number of carbonyl (C=O) groups is 2. The number of aryl methyl sites for hydroxylation is 2. The van der Waals surface area contributed by atoms with Crippen LogP contribution in [-0.2, 0) is 9.59 Å². The second-order valence-corrected chi connectivity index (χ2v) is 6.24. The van der Waals surface area contributed by atoms with Crippen LogP contribution in [0.1, 0.15) is 42.9 Å². The molecule has 1 fully saturated rings. The van der Waals surface area contributed by atoms with Gasteiger partial charge in [0.25, 0.3) is 0 Å². The largest absolute Gasteiger partial charge is 0.323 e. The van der Waals surface area contributed by atoms with Gasteiger partial charge in [0.2, 0.25) is 11.9 Å². The summed E-state index contributed by atoms with van der Waals surface area (Å²) in [4.78, 5) is 36.6. The Morgan fingerprint density at radius 3 is 2.33 bits per heavy atom. The summed E-state index contributed by atoms with van der Waals surface area (Å²) in [6.45, 7) is 5.82. The fourth-order valence-corrected chi connectivity index (χ4v) is 3.02. The lowest BCUT2D eigenvalue weighted by atomic mass is 9.88. The van der Waals surface area contributed by atoms with Crippen LogP contribution in [0.5, 0.6) is 0 Å². The van der Waals surface area contributed by atoms with Crippen molar-refractivity contribution >= 4 is 17.4 Å². The Balaban J connectivity index is 1.71. The molecule has 0 aromatic carbocycles. The average Bonchev–Trinajstić information content (AvgIpc) is 2.81. The van der Waals surface area contributed by atoms with Gasteiger partial charge in [0, 0.05) is 24.5 Å². The Kier molecular flexibility index (Phi) is 4.42. The second-order valence-electron chi connectivity index (χ2n) is 6.24. The first kappa shape index (κ1) is 16.3. The summed E-state index contributed by atoms with van der Waals surface area (Å²) < 4.78 is 1.88. The maximum absolute atomic E-state index is 12.2. The van der Waals surface area contributed by atoms with Crippen LogP contribution in [0.2, 0.25) is 0 Å². The number of hydrogen-bond donors (Lipinski definition) is 1. The van der Waals surface area contributed by atoms with E-state index in [1.54, 1.807) is 12.4 Å². The van der Waals surface area contributed by atoms with Crippen LogP contribution in [0.15, 0.2) is 12.4 Å². The fourth-order valence-electron chi connectivity index (χ4n) is 3.02. The zero-order chi connectivity index (χ0) is 17.3. The Labute approximate surface area is 140 Å². The first-order valence-electron chi connectivity index (χ1n) is 8.13. The summed E-state index contributed by atoms with van der Waals surface area (Å²) in [5.41, 5.74) is 2.50. The molecule has 0 spiro atoms. The molecular weight excluding hydrogens is 306 g/mol. The Hall–Kier alpha value is -2.57. The van der Waals surface area contributed by atoms with E-state index in [9.17, 15) is 9.59 Å². The summed E-state index contributed by atoms with van der Waals surface area (Å²) in [7, 11) is 0. The molecule has 3 rings (SSSR count). The zero-order valence-electron chi connectivity index (χ0n) is 14.2. The van der Waals surface area contributed by atoms with E-state index >= 15 is 0 Å². The number of hydrogen-bond acceptors (Lipinski definition) is 5. The van der Waals surface area contributed by atoms with Crippen LogP contribution in [0, 0.1) is 26.7 Å². The van der Waals surface area contributed by atoms with E-state index in [1.807, 2.05) is 25.3 Å². The number of Topliss-reactive ketones (excluding diaryl/α,β-unsaturated/α-hetero) is 1. The van der Waals surface area contributed by atoms with Crippen molar-refractivity contribution in [3.05, 3.63) is 29.6 Å². The normalized spacial score (nSPS) is 15.5. The minimum absolute atomic E-state index is 0.0651. The van der Waals surface area contributed by atoms with Crippen molar-refractivity contribution in [1.29, 1.82) is 0 Å². The lowest BCUT2D eigenvalue weighted by molar-refractivity contribution is -0.125. The van der Waals surface area contributed by atoms with Gasteiger partial charge < -0.3 is 5.32 Å². The van der Waals surface area contributed by atoms with Crippen molar-refractivity contribution in [3.8, 4) is 5.95 Å². The van der Waals surface area contributed by atoms with Crippen molar-refractivity contribution in [2.45, 2.75) is 46.5 Å². The number of amides is 1. The molecule has 2 aromatic heterocycles. The van der Waals surface area contributed by atoms with Gasteiger partial charge in [0.05, 0.1) is 23.8 Å². The number of ketones is 1. The molecule has 7 heteroatoms. The minimum Gasteiger partial charge on any atom is -0.323 e. The Bertz CT molecular complexity index is 769. The summed E-state index contributed by atoms with van der Waals surface area (Å²) >= 11 is 0. The van der Waals surface area contributed by atoms with Gasteiger partial charge in [-0.05, 0) is 33.6 Å². The summed E-state index contributed by atoms with van der Waals surface area (Å²) in [5.74, 6) is 1.43. The third-order valence-corrected chi connectivity index (χ3v) is 4.53. The highest BCUT2D eigenvalue weighted by Gasteiger charge is 2.25. The molecule has 126 valence electrons. The number of carbonyl (C=O) groups excluding carboxylic acids is 2. The van der Waals surface area contributed by atoms with Crippen LogP contribution >= 0.6 is 0 Å². The molecule has 0 saturated heterocycles. The van der Waals surface area contributed by atoms with Gasteiger partial charge in [-0.15, -0.1) is 0 Å². The van der Waals surface area contributed by atoms with Crippen LogP contribution in [0.3, 0.4) is 0 Å². The molecule has 0 aliphatic heterocycles. The molecule has 24 heavy (non-hydrogen) atoms. The average molecular weight is 327 g/mol. The molecule has 0 atom stereocenters. The third kappa shape index (κ3) is 3.20. The third-order valence-electron chi connectivity index (χ3n) is 4.53. The standard InChI is InChI=1S/C17H21N5O2/c1-10-11(2)22(12(3)20-10)17-18-8-14(9-19-17)21-16(24)13-4-6-15(23)7-5-13/h8-9,13H,4-7H2,1-3H3,(H,21,24). The predicted octanol–water partition coefficient (Wildman–Crippen LogP) is 2.29. The van der Waals surface area contributed by atoms with E-state index in [0.29, 0.717) is 37.3 Å². The number of imidazole rings is 1. The van der Waals surface area contributed by atoms with Crippen LogP contribution in [-0.4, -0.2) is 31.2 Å². The maximum atomic E-state index is 12.2. The van der Waals surface area contributed by atoms with Gasteiger partial charge in [-0.25, -0.2) is 15.0 Å². The van der Waals surface area contributed by atoms with Crippen molar-refractivity contribution in [2.24, 2.45) is 5.92 Å². The number of nitrogens with zero attached hydrogens (tertiary/aromatic N) is 4. The van der Waals surface area contributed by atoms with Crippen molar-refractivity contribution in [3.63, 3.8) is 0 Å². The molecule has 2 heterocycles. The SMILES string of the molecule is Cc1nc(C)n(-c2ncc(NC(=O)C3CCC(=O)CC3)cn2)c1C. The molecule has 1 saturated carbocycles. The number of rotatable bonds is 3. The summed E-state index contributed by atoms with van der Waals surface area (Å²) in [6.07, 6.45) is 5.43. The first-order valence-corrected chi connectivity index (χ1v) is 8.13. The van der Waals surface area contributed by atoms with E-state index in [-0.39, 0.29) is 17.6 Å². The number of anilines is 1. The molecule has 2 aromatic rings. The van der Waals surface area contributed by atoms with Crippen molar-refractivity contribution in [1.82, 2.24) is 19.5 Å². The van der Waals surface area contributed by atoms with Gasteiger partial charge >= 0.3 is 0 Å². The molecule has 1 aliphatic carbocycles. The fraction of sp³-hybridized carbons (Fsp3) is 0.471. The van der Waals surface area contributed by atoms with Gasteiger partial charge in [-0.1, -0.05) is 0 Å². The number of aromatic nitrogens is 4. The molecule has 7 nitrogen and oxygen atoms in total. The molecule has 1 aliphatic rings. The zero-order valence-corrected chi connectivity index (χ0v) is 14.2. The lowest BCUT2D eigenvalue weighted by Crippen LogP contribution is -2.27. The van der Waals surface area contributed by atoms with Crippen molar-refractivity contribution in [2.75, 3.05) is 5.32 Å². The molecule has 0 radical (unpaired) electrons. The van der Waals surface area contributed by atoms with Gasteiger partial charge in [-0.3, -0.25) is 14.2 Å². The number of nitrogens with one attached hydrogen (secondary N) is 1. The highest BCUT2D eigenvalue weighted by Crippen LogP contribution is 2.23. The molecule has 0 bridgehead atoms. The van der Waals surface area contributed by atoms with Gasteiger partial charge in [-0.2, -0.15) is 0 Å². The van der Waals surface area contributed by atoms with Crippen molar-refractivity contribution < 1.29 is 9.59 Å². The quantitative estimate of drug-likeness (QED) is 0.934. The monoisotopic (exact) mass is 327 g/mol. The topological polar surface area (TPSA) is 89.8 Å². The second kappa shape index (κ2) is 6.51. The van der Waals surface area contributed by atoms with E-state index in [2.05, 4.69) is 20.3 Å². The highest BCUT2D eigenvalue weighted by molar-refractivity contribution is 5.93. The molecule has 1 N–H and O–H groups in total. The maximum Gasteiger partial charge on any atom is 0.235 e. The van der Waals surface area contributed by atoms with Gasteiger partial charge in [0.15, 0.2) is 0 Å². The first-order chi connectivity index (χ1) is 11.5. The van der Waals surface area contributed by atoms with E-state index in [1.165, 1.54) is 0 Å². The smallest absolute Gasteiger partial charge is 0.235 e. The summed E-state index contributed by atoms with van der Waals surface area (Å²) in [6, 6.07) is 0. The van der Waals surface area contributed by atoms with Crippen LogP contribution in [0.25, 0.3) is 5.95 Å². The molecule has 1 amide bonds. The van der Waals surface area contributed by atoms with Crippen LogP contribution < -0.4 is 5.32 Å². The lowest BCUT2D eigenvalue weighted by Gasteiger charge is -2.20. The Morgan fingerprint density at radius 2 is 1.79 bits per heavy atom. The summed E-state index contributed by atoms with van der Waals surface area (Å²) in [5, 5.41) is 2.84. The van der Waals surface area contributed by atoms with Gasteiger partial charge in [0.1, 0.15) is 11.6 Å². The molecule has 0 unspecified atom stereocenters. The van der Waals surface area contributed by atoms with E-state index < -0.39 is 0 Å².